The summed E-state index contributed by atoms with van der Waals surface area (Å²) >= 11 is 0. The molecule has 0 spiro atoms. The van der Waals surface area contributed by atoms with E-state index in [9.17, 15) is 4.79 Å². The highest BCUT2D eigenvalue weighted by molar-refractivity contribution is 5.71. The van der Waals surface area contributed by atoms with Gasteiger partial charge in [0.1, 0.15) is 0 Å². The van der Waals surface area contributed by atoms with Gasteiger partial charge in [-0.15, -0.1) is 0 Å². The summed E-state index contributed by atoms with van der Waals surface area (Å²) in [7, 11) is 1.38. The van der Waals surface area contributed by atoms with Crippen molar-refractivity contribution in [3.8, 4) is 0 Å². The van der Waals surface area contributed by atoms with Crippen LogP contribution in [0.1, 0.15) is 20.3 Å². The molecule has 0 bridgehead atoms. The van der Waals surface area contributed by atoms with Gasteiger partial charge in [-0.2, -0.15) is 0 Å². The van der Waals surface area contributed by atoms with E-state index in [2.05, 4.69) is 23.9 Å². The molecule has 0 aromatic heterocycles. The first-order chi connectivity index (χ1) is 6.66. The van der Waals surface area contributed by atoms with Crippen molar-refractivity contribution in [3.63, 3.8) is 0 Å². The quantitative estimate of drug-likeness (QED) is 0.468. The number of carbonyl (C=O) groups is 1. The van der Waals surface area contributed by atoms with Crippen LogP contribution in [0.25, 0.3) is 0 Å². The zero-order valence-corrected chi connectivity index (χ0v) is 9.34. The average Bonchev–Trinajstić information content (AvgIpc) is 2.15. The van der Waals surface area contributed by atoms with Crippen molar-refractivity contribution in [1.82, 2.24) is 5.32 Å². The van der Waals surface area contributed by atoms with Gasteiger partial charge in [0.05, 0.1) is 13.7 Å². The molecule has 0 atom stereocenters. The van der Waals surface area contributed by atoms with Crippen molar-refractivity contribution in [2.45, 2.75) is 20.3 Å². The first kappa shape index (κ1) is 13.4. The molecule has 14 heavy (non-hydrogen) atoms. The van der Waals surface area contributed by atoms with Crippen LogP contribution in [-0.4, -0.2) is 39.4 Å². The van der Waals surface area contributed by atoms with Crippen LogP contribution in [-0.2, 0) is 14.3 Å². The Labute approximate surface area is 86.0 Å². The number of esters is 1. The number of rotatable bonds is 8. The lowest BCUT2D eigenvalue weighted by Gasteiger charge is -2.06. The fourth-order valence-electron chi connectivity index (χ4n) is 0.881. The van der Waals surface area contributed by atoms with Crippen molar-refractivity contribution in [2.24, 2.45) is 5.92 Å². The predicted molar refractivity (Wildman–Crippen MR) is 55.2 cm³/mol. The Bertz CT molecular complexity index is 148. The molecule has 4 nitrogen and oxygen atoms in total. The summed E-state index contributed by atoms with van der Waals surface area (Å²) in [5.41, 5.74) is 0. The normalized spacial score (nSPS) is 10.6. The highest BCUT2D eigenvalue weighted by atomic mass is 16.5. The molecule has 1 N–H and O–H groups in total. The maximum atomic E-state index is 10.7. The third kappa shape index (κ3) is 9.48. The van der Waals surface area contributed by atoms with Gasteiger partial charge in [-0.05, 0) is 18.9 Å². The van der Waals surface area contributed by atoms with Crippen molar-refractivity contribution in [1.29, 1.82) is 0 Å². The molecule has 0 fully saturated rings. The molecule has 0 aliphatic rings. The second kappa shape index (κ2) is 8.97. The van der Waals surface area contributed by atoms with Crippen molar-refractivity contribution >= 4 is 5.97 Å². The third-order valence-electron chi connectivity index (χ3n) is 1.59. The molecule has 0 saturated heterocycles. The third-order valence-corrected chi connectivity index (χ3v) is 1.59. The molecule has 0 radical (unpaired) electrons. The van der Waals surface area contributed by atoms with Gasteiger partial charge < -0.3 is 14.8 Å². The summed E-state index contributed by atoms with van der Waals surface area (Å²) in [5.74, 6) is 0.353. The minimum atomic E-state index is -0.229. The molecule has 84 valence electrons. The van der Waals surface area contributed by atoms with E-state index in [-0.39, 0.29) is 12.5 Å². The smallest absolute Gasteiger partial charge is 0.319 e. The van der Waals surface area contributed by atoms with E-state index in [0.29, 0.717) is 5.92 Å². The lowest BCUT2D eigenvalue weighted by Crippen LogP contribution is -2.25. The van der Waals surface area contributed by atoms with Crippen LogP contribution >= 0.6 is 0 Å². The Kier molecular flexibility index (Phi) is 8.57. The molecule has 0 unspecified atom stereocenters. The SMILES string of the molecule is COC(=O)CNCCCOCC(C)C. The number of hydrogen-bond donors (Lipinski definition) is 1. The zero-order chi connectivity index (χ0) is 10.8. The Hall–Kier alpha value is -0.610. The Balaban J connectivity index is 3.03. The van der Waals surface area contributed by atoms with Crippen LogP contribution in [0.2, 0.25) is 0 Å². The van der Waals surface area contributed by atoms with Gasteiger partial charge in [-0.25, -0.2) is 0 Å². The van der Waals surface area contributed by atoms with Gasteiger partial charge in [0, 0.05) is 13.2 Å². The second-order valence-electron chi connectivity index (χ2n) is 3.58. The summed E-state index contributed by atoms with van der Waals surface area (Å²) in [6, 6.07) is 0. The Morgan fingerprint density at radius 3 is 2.71 bits per heavy atom. The lowest BCUT2D eigenvalue weighted by molar-refractivity contribution is -0.139. The number of hydrogen-bond acceptors (Lipinski definition) is 4. The number of nitrogens with one attached hydrogen (secondary N) is 1. The first-order valence-corrected chi connectivity index (χ1v) is 5.02. The van der Waals surface area contributed by atoms with Gasteiger partial charge in [0.15, 0.2) is 0 Å². The van der Waals surface area contributed by atoms with Crippen molar-refractivity contribution in [2.75, 3.05) is 33.4 Å². The fourth-order valence-corrected chi connectivity index (χ4v) is 0.881. The van der Waals surface area contributed by atoms with Crippen molar-refractivity contribution in [3.05, 3.63) is 0 Å². The summed E-state index contributed by atoms with van der Waals surface area (Å²) in [6.45, 7) is 6.85. The molecule has 0 aromatic carbocycles. The predicted octanol–water partition coefficient (Wildman–Crippen LogP) is 0.812. The van der Waals surface area contributed by atoms with Gasteiger partial charge >= 0.3 is 5.97 Å². The van der Waals surface area contributed by atoms with E-state index in [1.807, 2.05) is 0 Å². The second-order valence-corrected chi connectivity index (χ2v) is 3.58. The van der Waals surface area contributed by atoms with E-state index >= 15 is 0 Å². The van der Waals surface area contributed by atoms with Crippen LogP contribution < -0.4 is 5.32 Å². The summed E-state index contributed by atoms with van der Waals surface area (Å²) in [6.07, 6.45) is 0.920. The van der Waals surface area contributed by atoms with Gasteiger partial charge in [-0.1, -0.05) is 13.8 Å². The van der Waals surface area contributed by atoms with Crippen LogP contribution in [0.4, 0.5) is 0 Å². The molecule has 0 saturated carbocycles. The maximum Gasteiger partial charge on any atom is 0.319 e. The minimum absolute atomic E-state index is 0.229. The average molecular weight is 203 g/mol. The topological polar surface area (TPSA) is 47.6 Å². The van der Waals surface area contributed by atoms with Crippen LogP contribution in [0.5, 0.6) is 0 Å². The van der Waals surface area contributed by atoms with Gasteiger partial charge in [-0.3, -0.25) is 4.79 Å². The van der Waals surface area contributed by atoms with Crippen LogP contribution in [0.15, 0.2) is 0 Å². The minimum Gasteiger partial charge on any atom is -0.468 e. The molecular weight excluding hydrogens is 182 g/mol. The number of ether oxygens (including phenoxy) is 2. The first-order valence-electron chi connectivity index (χ1n) is 5.02. The molecule has 0 aliphatic carbocycles. The lowest BCUT2D eigenvalue weighted by atomic mass is 10.2. The zero-order valence-electron chi connectivity index (χ0n) is 9.34. The van der Waals surface area contributed by atoms with Gasteiger partial charge in [0.2, 0.25) is 0 Å². The highest BCUT2D eigenvalue weighted by Gasteiger charge is 1.97. The molecule has 0 aliphatic heterocycles. The molecule has 4 heteroatoms. The largest absolute Gasteiger partial charge is 0.468 e. The van der Waals surface area contributed by atoms with E-state index in [1.165, 1.54) is 7.11 Å². The standard InChI is InChI=1S/C10H21NO3/c1-9(2)8-14-6-4-5-11-7-10(12)13-3/h9,11H,4-8H2,1-3H3. The van der Waals surface area contributed by atoms with E-state index in [0.717, 1.165) is 26.2 Å². The number of carbonyl (C=O) groups excluding carboxylic acids is 1. The molecule has 0 rings (SSSR count). The molecule has 0 aromatic rings. The Morgan fingerprint density at radius 2 is 2.14 bits per heavy atom. The van der Waals surface area contributed by atoms with Gasteiger partial charge in [0.25, 0.3) is 0 Å². The van der Waals surface area contributed by atoms with Crippen LogP contribution in [0.3, 0.4) is 0 Å². The van der Waals surface area contributed by atoms with Crippen LogP contribution in [0, 0.1) is 5.92 Å². The summed E-state index contributed by atoms with van der Waals surface area (Å²) in [4.78, 5) is 10.7. The van der Waals surface area contributed by atoms with E-state index < -0.39 is 0 Å². The monoisotopic (exact) mass is 203 g/mol. The molecule has 0 amide bonds. The van der Waals surface area contributed by atoms with Crippen molar-refractivity contribution < 1.29 is 14.3 Å². The summed E-state index contributed by atoms with van der Waals surface area (Å²) in [5, 5.41) is 2.97. The maximum absolute atomic E-state index is 10.7. The van der Waals surface area contributed by atoms with E-state index in [1.54, 1.807) is 0 Å². The number of methoxy groups -OCH3 is 1. The highest BCUT2D eigenvalue weighted by Crippen LogP contribution is 1.92. The fraction of sp³-hybridized carbons (Fsp3) is 0.900. The molecular formula is C10H21NO3. The summed E-state index contributed by atoms with van der Waals surface area (Å²) < 4.78 is 9.85. The van der Waals surface area contributed by atoms with E-state index in [4.69, 9.17) is 4.74 Å². The molecule has 0 heterocycles. The Morgan fingerprint density at radius 1 is 1.43 bits per heavy atom.